The van der Waals surface area contributed by atoms with Gasteiger partial charge in [0.1, 0.15) is 12.4 Å². The zero-order valence-electron chi connectivity index (χ0n) is 13.0. The molecule has 1 amide bonds. The largest absolute Gasteiger partial charge is 0.491 e. The number of carbonyl (C=O) groups excluding carboxylic acids is 1. The minimum atomic E-state index is -0.297. The first kappa shape index (κ1) is 16.5. The predicted molar refractivity (Wildman–Crippen MR) is 81.8 cm³/mol. The highest BCUT2D eigenvalue weighted by atomic mass is 16.5. The van der Waals surface area contributed by atoms with E-state index in [9.17, 15) is 4.79 Å². The molecule has 0 spiro atoms. The lowest BCUT2D eigenvalue weighted by atomic mass is 10.00. The average molecular weight is 278 g/mol. The number of aryl methyl sites for hydroxylation is 1. The van der Waals surface area contributed by atoms with Gasteiger partial charge in [-0.3, -0.25) is 4.79 Å². The molecule has 0 unspecified atom stereocenters. The van der Waals surface area contributed by atoms with E-state index in [1.807, 2.05) is 45.0 Å². The lowest BCUT2D eigenvalue weighted by molar-refractivity contribution is -0.130. The molecule has 1 aromatic carbocycles. The standard InChI is InChI=1S/C16H26N2O2/c1-13-7-5-6-8-14(13)20-12-11-18(4)15(19)9-10-16(2,3)17/h5-8H,9-12,17H2,1-4H3. The van der Waals surface area contributed by atoms with Crippen molar-refractivity contribution in [3.05, 3.63) is 29.8 Å². The molecule has 0 radical (unpaired) electrons. The van der Waals surface area contributed by atoms with Crippen LogP contribution in [0.2, 0.25) is 0 Å². The van der Waals surface area contributed by atoms with Crippen molar-refractivity contribution >= 4 is 5.91 Å². The van der Waals surface area contributed by atoms with Crippen molar-refractivity contribution in [1.82, 2.24) is 4.90 Å². The lowest BCUT2D eigenvalue weighted by Gasteiger charge is -2.21. The fourth-order valence-corrected chi connectivity index (χ4v) is 1.76. The number of benzene rings is 1. The van der Waals surface area contributed by atoms with E-state index in [0.29, 0.717) is 26.0 Å². The molecule has 0 aliphatic carbocycles. The summed E-state index contributed by atoms with van der Waals surface area (Å²) < 4.78 is 5.68. The fraction of sp³-hybridized carbons (Fsp3) is 0.562. The Bertz CT molecular complexity index is 438. The fourth-order valence-electron chi connectivity index (χ4n) is 1.76. The Morgan fingerprint density at radius 2 is 2.00 bits per heavy atom. The maximum Gasteiger partial charge on any atom is 0.222 e. The molecule has 4 nitrogen and oxygen atoms in total. The topological polar surface area (TPSA) is 55.6 Å². The minimum Gasteiger partial charge on any atom is -0.491 e. The highest BCUT2D eigenvalue weighted by Crippen LogP contribution is 2.16. The molecule has 112 valence electrons. The van der Waals surface area contributed by atoms with E-state index in [1.54, 1.807) is 11.9 Å². The van der Waals surface area contributed by atoms with Gasteiger partial charge >= 0.3 is 0 Å². The van der Waals surface area contributed by atoms with Gasteiger partial charge in [0, 0.05) is 19.0 Å². The van der Waals surface area contributed by atoms with E-state index >= 15 is 0 Å². The first-order chi connectivity index (χ1) is 9.29. The Balaban J connectivity index is 2.31. The number of hydrogen-bond donors (Lipinski definition) is 1. The van der Waals surface area contributed by atoms with Crippen molar-refractivity contribution in [3.63, 3.8) is 0 Å². The number of amides is 1. The summed E-state index contributed by atoms with van der Waals surface area (Å²) in [6.07, 6.45) is 1.17. The van der Waals surface area contributed by atoms with Gasteiger partial charge in [0.25, 0.3) is 0 Å². The quantitative estimate of drug-likeness (QED) is 0.833. The van der Waals surface area contributed by atoms with Crippen LogP contribution in [0.1, 0.15) is 32.3 Å². The number of hydrogen-bond acceptors (Lipinski definition) is 3. The summed E-state index contributed by atoms with van der Waals surface area (Å²) in [6.45, 7) is 6.95. The summed E-state index contributed by atoms with van der Waals surface area (Å²) in [7, 11) is 1.80. The van der Waals surface area contributed by atoms with Gasteiger partial charge in [-0.15, -0.1) is 0 Å². The van der Waals surface area contributed by atoms with Crippen molar-refractivity contribution < 1.29 is 9.53 Å². The van der Waals surface area contributed by atoms with E-state index in [0.717, 1.165) is 11.3 Å². The molecular weight excluding hydrogens is 252 g/mol. The molecule has 0 saturated heterocycles. The third-order valence-electron chi connectivity index (χ3n) is 3.19. The lowest BCUT2D eigenvalue weighted by Crippen LogP contribution is -2.36. The number of rotatable bonds is 7. The van der Waals surface area contributed by atoms with Crippen LogP contribution in [-0.4, -0.2) is 36.5 Å². The first-order valence-corrected chi connectivity index (χ1v) is 7.01. The first-order valence-electron chi connectivity index (χ1n) is 7.01. The summed E-state index contributed by atoms with van der Waals surface area (Å²) >= 11 is 0. The Hall–Kier alpha value is -1.55. The normalized spacial score (nSPS) is 11.2. The molecule has 0 atom stereocenters. The number of ether oxygens (including phenoxy) is 1. The van der Waals surface area contributed by atoms with Crippen LogP contribution < -0.4 is 10.5 Å². The maximum absolute atomic E-state index is 11.9. The van der Waals surface area contributed by atoms with Crippen molar-refractivity contribution in [2.75, 3.05) is 20.2 Å². The number of likely N-dealkylation sites (N-methyl/N-ethyl adjacent to an activating group) is 1. The van der Waals surface area contributed by atoms with Crippen molar-refractivity contribution in [2.24, 2.45) is 5.73 Å². The predicted octanol–water partition coefficient (Wildman–Crippen LogP) is 2.35. The van der Waals surface area contributed by atoms with Gasteiger partial charge in [0.15, 0.2) is 0 Å². The van der Waals surface area contributed by atoms with Crippen LogP contribution in [0, 0.1) is 6.92 Å². The number of nitrogens with two attached hydrogens (primary N) is 1. The van der Waals surface area contributed by atoms with Crippen LogP contribution in [0.25, 0.3) is 0 Å². The molecule has 0 aromatic heterocycles. The molecule has 0 fully saturated rings. The summed E-state index contributed by atoms with van der Waals surface area (Å²) in [5.74, 6) is 0.980. The summed E-state index contributed by atoms with van der Waals surface area (Å²) in [5, 5.41) is 0. The van der Waals surface area contributed by atoms with Crippen molar-refractivity contribution in [3.8, 4) is 5.75 Å². The SMILES string of the molecule is Cc1ccccc1OCCN(C)C(=O)CCC(C)(C)N. The molecule has 0 aliphatic rings. The second kappa shape index (κ2) is 7.29. The number of para-hydroxylation sites is 1. The van der Waals surface area contributed by atoms with Gasteiger partial charge in [-0.05, 0) is 38.8 Å². The van der Waals surface area contributed by atoms with E-state index in [1.165, 1.54) is 0 Å². The Kier molecular flexibility index (Phi) is 6.02. The molecule has 0 bridgehead atoms. The van der Waals surface area contributed by atoms with Crippen LogP contribution in [0.5, 0.6) is 5.75 Å². The number of nitrogens with zero attached hydrogens (tertiary/aromatic N) is 1. The van der Waals surface area contributed by atoms with Crippen molar-refractivity contribution in [1.29, 1.82) is 0 Å². The molecule has 0 heterocycles. The summed E-state index contributed by atoms with van der Waals surface area (Å²) in [5.41, 5.74) is 6.69. The summed E-state index contributed by atoms with van der Waals surface area (Å²) in [4.78, 5) is 13.6. The van der Waals surface area contributed by atoms with E-state index in [2.05, 4.69) is 0 Å². The molecule has 2 N–H and O–H groups in total. The molecule has 20 heavy (non-hydrogen) atoms. The van der Waals surface area contributed by atoms with Gasteiger partial charge in [0.2, 0.25) is 5.91 Å². The highest BCUT2D eigenvalue weighted by Gasteiger charge is 2.15. The summed E-state index contributed by atoms with van der Waals surface area (Å²) in [6, 6.07) is 7.87. The Morgan fingerprint density at radius 1 is 1.35 bits per heavy atom. The Labute approximate surface area is 121 Å². The van der Waals surface area contributed by atoms with Gasteiger partial charge in [-0.1, -0.05) is 18.2 Å². The van der Waals surface area contributed by atoms with Crippen LogP contribution in [0.15, 0.2) is 24.3 Å². The van der Waals surface area contributed by atoms with E-state index < -0.39 is 0 Å². The van der Waals surface area contributed by atoms with Crippen LogP contribution in [-0.2, 0) is 4.79 Å². The van der Waals surface area contributed by atoms with Gasteiger partial charge < -0.3 is 15.4 Å². The van der Waals surface area contributed by atoms with Crippen molar-refractivity contribution in [2.45, 2.75) is 39.2 Å². The van der Waals surface area contributed by atoms with Gasteiger partial charge in [-0.2, -0.15) is 0 Å². The minimum absolute atomic E-state index is 0.108. The van der Waals surface area contributed by atoms with Gasteiger partial charge in [0.05, 0.1) is 6.54 Å². The monoisotopic (exact) mass is 278 g/mol. The molecule has 1 rings (SSSR count). The van der Waals surface area contributed by atoms with E-state index in [-0.39, 0.29) is 11.4 Å². The third kappa shape index (κ3) is 6.06. The Morgan fingerprint density at radius 3 is 2.60 bits per heavy atom. The zero-order valence-corrected chi connectivity index (χ0v) is 13.0. The molecule has 0 aliphatic heterocycles. The zero-order chi connectivity index (χ0) is 15.2. The second-order valence-electron chi connectivity index (χ2n) is 5.92. The molecule has 4 heteroatoms. The molecule has 0 saturated carbocycles. The highest BCUT2D eigenvalue weighted by molar-refractivity contribution is 5.75. The molecular formula is C16H26N2O2. The third-order valence-corrected chi connectivity index (χ3v) is 3.19. The average Bonchev–Trinajstić information content (AvgIpc) is 2.37. The molecule has 1 aromatic rings. The second-order valence-corrected chi connectivity index (χ2v) is 5.92. The van der Waals surface area contributed by atoms with Crippen LogP contribution >= 0.6 is 0 Å². The van der Waals surface area contributed by atoms with Crippen LogP contribution in [0.4, 0.5) is 0 Å². The van der Waals surface area contributed by atoms with E-state index in [4.69, 9.17) is 10.5 Å². The smallest absolute Gasteiger partial charge is 0.222 e. The van der Waals surface area contributed by atoms with Crippen LogP contribution in [0.3, 0.4) is 0 Å². The number of carbonyl (C=O) groups is 1. The maximum atomic E-state index is 11.9. The van der Waals surface area contributed by atoms with Gasteiger partial charge in [-0.25, -0.2) is 0 Å².